The number of aliphatic hydroxyl groups is 2. The summed E-state index contributed by atoms with van der Waals surface area (Å²) < 4.78 is 0. The van der Waals surface area contributed by atoms with Gasteiger partial charge >= 0.3 is 11.9 Å². The predicted molar refractivity (Wildman–Crippen MR) is 122 cm³/mol. The molecule has 0 aliphatic heterocycles. The molecule has 2 rings (SSSR count). The van der Waals surface area contributed by atoms with Gasteiger partial charge in [-0.2, -0.15) is 0 Å². The van der Waals surface area contributed by atoms with Crippen molar-refractivity contribution in [2.75, 3.05) is 0 Å². The van der Waals surface area contributed by atoms with Gasteiger partial charge < -0.3 is 20.4 Å². The summed E-state index contributed by atoms with van der Waals surface area (Å²) in [6, 6.07) is 16.6. The molecule has 2 aromatic carbocycles. The highest BCUT2D eigenvalue weighted by Crippen LogP contribution is 2.20. The summed E-state index contributed by atoms with van der Waals surface area (Å²) in [5.41, 5.74) is 0.662. The minimum absolute atomic E-state index is 0.129. The van der Waals surface area contributed by atoms with Crippen molar-refractivity contribution >= 4 is 11.9 Å². The van der Waals surface area contributed by atoms with Crippen LogP contribution >= 0.6 is 0 Å². The summed E-state index contributed by atoms with van der Waals surface area (Å²) in [5, 5.41) is 36.2. The summed E-state index contributed by atoms with van der Waals surface area (Å²) in [7, 11) is 0. The number of hydrogen-bond acceptors (Lipinski definition) is 4. The van der Waals surface area contributed by atoms with E-state index < -0.39 is 24.1 Å². The highest BCUT2D eigenvalue weighted by atomic mass is 16.4. The summed E-state index contributed by atoms with van der Waals surface area (Å²) in [6.45, 7) is 10.1. The molecule has 3 atom stereocenters. The van der Waals surface area contributed by atoms with Gasteiger partial charge in [-0.05, 0) is 48.4 Å². The van der Waals surface area contributed by atoms with Gasteiger partial charge in [0.25, 0.3) is 0 Å². The Morgan fingerprint density at radius 1 is 0.677 bits per heavy atom. The fourth-order valence-electron chi connectivity index (χ4n) is 2.78. The minimum Gasteiger partial charge on any atom is -0.478 e. The molecule has 0 amide bonds. The summed E-state index contributed by atoms with van der Waals surface area (Å²) in [5.74, 6) is -0.878. The second-order valence-electron chi connectivity index (χ2n) is 8.17. The van der Waals surface area contributed by atoms with Crippen LogP contribution in [-0.2, 0) is 0 Å². The fourth-order valence-corrected chi connectivity index (χ4v) is 2.78. The Labute approximate surface area is 185 Å². The van der Waals surface area contributed by atoms with Gasteiger partial charge in [-0.15, -0.1) is 0 Å². The third-order valence-corrected chi connectivity index (χ3v) is 4.50. The Hall–Kier alpha value is -2.70. The van der Waals surface area contributed by atoms with Crippen LogP contribution < -0.4 is 0 Å². The van der Waals surface area contributed by atoms with Crippen LogP contribution in [-0.4, -0.2) is 44.6 Å². The number of aromatic carboxylic acids is 2. The maximum absolute atomic E-state index is 10.2. The molecule has 0 heterocycles. The smallest absolute Gasteiger partial charge is 0.335 e. The van der Waals surface area contributed by atoms with Crippen molar-refractivity contribution < 1.29 is 30.0 Å². The van der Waals surface area contributed by atoms with Gasteiger partial charge in [-0.3, -0.25) is 0 Å². The van der Waals surface area contributed by atoms with Crippen LogP contribution in [0.4, 0.5) is 0 Å². The molecule has 0 aliphatic rings. The highest BCUT2D eigenvalue weighted by molar-refractivity contribution is 5.87. The van der Waals surface area contributed by atoms with Crippen molar-refractivity contribution in [2.24, 2.45) is 17.8 Å². The summed E-state index contributed by atoms with van der Waals surface area (Å²) in [6.07, 6.45) is -0.207. The molecule has 0 fully saturated rings. The zero-order valence-electron chi connectivity index (χ0n) is 19.0. The van der Waals surface area contributed by atoms with Gasteiger partial charge in [0.2, 0.25) is 0 Å². The summed E-state index contributed by atoms with van der Waals surface area (Å²) >= 11 is 0. The lowest BCUT2D eigenvalue weighted by atomic mass is 9.87. The largest absolute Gasteiger partial charge is 0.478 e. The second kappa shape index (κ2) is 15.2. The van der Waals surface area contributed by atoms with Crippen molar-refractivity contribution in [1.29, 1.82) is 0 Å². The van der Waals surface area contributed by atoms with Crippen molar-refractivity contribution in [3.63, 3.8) is 0 Å². The molecule has 2 aromatic rings. The van der Waals surface area contributed by atoms with Gasteiger partial charge in [0.1, 0.15) is 0 Å². The number of benzene rings is 2. The first kappa shape index (κ1) is 28.3. The normalized spacial score (nSPS) is 13.2. The van der Waals surface area contributed by atoms with E-state index in [0.717, 1.165) is 6.42 Å². The predicted octanol–water partition coefficient (Wildman–Crippen LogP) is 4.82. The zero-order valence-corrected chi connectivity index (χ0v) is 19.0. The van der Waals surface area contributed by atoms with E-state index in [1.54, 1.807) is 60.7 Å². The van der Waals surface area contributed by atoms with Gasteiger partial charge in [-0.1, -0.05) is 71.0 Å². The second-order valence-corrected chi connectivity index (χ2v) is 8.17. The van der Waals surface area contributed by atoms with Crippen LogP contribution in [0.3, 0.4) is 0 Å². The van der Waals surface area contributed by atoms with Crippen LogP contribution in [0.5, 0.6) is 0 Å². The van der Waals surface area contributed by atoms with Crippen LogP contribution in [0, 0.1) is 17.8 Å². The fraction of sp³-hybridized carbons (Fsp3) is 0.440. The average Bonchev–Trinajstić information content (AvgIpc) is 2.74. The number of aliphatic hydroxyl groups excluding tert-OH is 2. The van der Waals surface area contributed by atoms with E-state index in [0.29, 0.717) is 17.0 Å². The molecule has 0 radical (unpaired) electrons. The number of rotatable bonds is 7. The molecule has 0 saturated carbocycles. The Bertz CT molecular complexity index is 694. The lowest BCUT2D eigenvalue weighted by Crippen LogP contribution is -2.36. The average molecular weight is 433 g/mol. The van der Waals surface area contributed by atoms with Crippen molar-refractivity contribution in [1.82, 2.24) is 0 Å². The standard InChI is InChI=1S/C11H24O2.2C7H6O2/c1-7(2)6-9(5)11(13)10(12)8(3)4;2*8-7(9)6-4-2-1-3-5-6/h7-13H,6H2,1-5H3;2*1-5H,(H,8,9). The summed E-state index contributed by atoms with van der Waals surface area (Å²) in [4.78, 5) is 20.4. The minimum atomic E-state index is -0.879. The van der Waals surface area contributed by atoms with Gasteiger partial charge in [0.15, 0.2) is 0 Å². The van der Waals surface area contributed by atoms with Crippen LogP contribution in [0.25, 0.3) is 0 Å². The van der Waals surface area contributed by atoms with E-state index in [1.165, 1.54) is 0 Å². The lowest BCUT2D eigenvalue weighted by Gasteiger charge is -2.27. The zero-order chi connectivity index (χ0) is 24.0. The first-order valence-corrected chi connectivity index (χ1v) is 10.4. The van der Waals surface area contributed by atoms with E-state index in [-0.39, 0.29) is 11.8 Å². The van der Waals surface area contributed by atoms with Gasteiger partial charge in [-0.25, -0.2) is 9.59 Å². The number of hydrogen-bond donors (Lipinski definition) is 4. The maximum Gasteiger partial charge on any atom is 0.335 e. The topological polar surface area (TPSA) is 115 Å². The van der Waals surface area contributed by atoms with Crippen molar-refractivity contribution in [2.45, 2.75) is 53.2 Å². The van der Waals surface area contributed by atoms with E-state index in [2.05, 4.69) is 13.8 Å². The van der Waals surface area contributed by atoms with E-state index in [4.69, 9.17) is 10.2 Å². The van der Waals surface area contributed by atoms with E-state index in [9.17, 15) is 19.8 Å². The van der Waals surface area contributed by atoms with Gasteiger partial charge in [0, 0.05) is 0 Å². The molecular weight excluding hydrogens is 396 g/mol. The molecule has 3 unspecified atom stereocenters. The van der Waals surface area contributed by atoms with Gasteiger partial charge in [0.05, 0.1) is 23.3 Å². The van der Waals surface area contributed by atoms with E-state index in [1.807, 2.05) is 20.8 Å². The van der Waals surface area contributed by atoms with Crippen LogP contribution in [0.1, 0.15) is 61.8 Å². The highest BCUT2D eigenvalue weighted by Gasteiger charge is 2.25. The van der Waals surface area contributed by atoms with Crippen LogP contribution in [0.2, 0.25) is 0 Å². The van der Waals surface area contributed by atoms with E-state index >= 15 is 0 Å². The molecule has 0 saturated heterocycles. The molecule has 31 heavy (non-hydrogen) atoms. The third-order valence-electron chi connectivity index (χ3n) is 4.50. The molecule has 0 spiro atoms. The molecule has 0 bridgehead atoms. The number of carboxylic acids is 2. The first-order chi connectivity index (χ1) is 14.5. The van der Waals surface area contributed by atoms with Crippen LogP contribution in [0.15, 0.2) is 60.7 Å². The molecule has 6 nitrogen and oxygen atoms in total. The maximum atomic E-state index is 10.2. The lowest BCUT2D eigenvalue weighted by molar-refractivity contribution is -0.0400. The first-order valence-electron chi connectivity index (χ1n) is 10.4. The monoisotopic (exact) mass is 432 g/mol. The molecule has 4 N–H and O–H groups in total. The Morgan fingerprint density at radius 2 is 1.03 bits per heavy atom. The Morgan fingerprint density at radius 3 is 1.26 bits per heavy atom. The Balaban J connectivity index is 0.000000445. The SMILES string of the molecule is CC(C)CC(C)C(O)C(O)C(C)C.O=C(O)c1ccccc1.O=C(O)c1ccccc1. The van der Waals surface area contributed by atoms with Crippen molar-refractivity contribution in [3.8, 4) is 0 Å². The molecule has 0 aromatic heterocycles. The molecule has 6 heteroatoms. The van der Waals surface area contributed by atoms with Crippen molar-refractivity contribution in [3.05, 3.63) is 71.8 Å². The molecular formula is C25H36O6. The molecule has 0 aliphatic carbocycles. The quantitative estimate of drug-likeness (QED) is 0.499. The number of carbonyl (C=O) groups is 2. The third kappa shape index (κ3) is 12.6. The molecule has 172 valence electrons. The number of carboxylic acid groups (broad SMARTS) is 2. The Kier molecular flexibility index (Phi) is 13.8.